The van der Waals surface area contributed by atoms with Gasteiger partial charge in [-0.15, -0.1) is 0 Å². The van der Waals surface area contributed by atoms with Gasteiger partial charge in [0.05, 0.1) is 17.3 Å². The molecule has 4 nitrogen and oxygen atoms in total. The summed E-state index contributed by atoms with van der Waals surface area (Å²) in [6, 6.07) is 5.80. The Morgan fingerprint density at radius 1 is 1.47 bits per heavy atom. The molecule has 0 unspecified atom stereocenters. The normalized spacial score (nSPS) is 16.5. The number of amides is 1. The van der Waals surface area contributed by atoms with Crippen LogP contribution in [0.4, 0.5) is 5.69 Å². The number of hydrogen-bond donors (Lipinski definition) is 2. The van der Waals surface area contributed by atoms with Crippen molar-refractivity contribution < 1.29 is 9.90 Å². The maximum atomic E-state index is 11.3. The molecule has 1 fully saturated rings. The smallest absolute Gasteiger partial charge is 0.219 e. The summed E-state index contributed by atoms with van der Waals surface area (Å²) in [4.78, 5) is 13.1. The highest BCUT2D eigenvalue weighted by Crippen LogP contribution is 2.26. The molecule has 104 valence electrons. The van der Waals surface area contributed by atoms with E-state index < -0.39 is 0 Å². The van der Waals surface area contributed by atoms with Gasteiger partial charge in [-0.25, -0.2) is 0 Å². The predicted molar refractivity (Wildman–Crippen MR) is 76.3 cm³/mol. The Hall–Kier alpha value is -1.26. The monoisotopic (exact) mass is 282 g/mol. The zero-order valence-corrected chi connectivity index (χ0v) is 11.8. The van der Waals surface area contributed by atoms with Crippen molar-refractivity contribution in [3.05, 3.63) is 28.8 Å². The topological polar surface area (TPSA) is 52.6 Å². The molecule has 0 atom stereocenters. The summed E-state index contributed by atoms with van der Waals surface area (Å²) in [5.41, 5.74) is 1.70. The average molecular weight is 283 g/mol. The van der Waals surface area contributed by atoms with Gasteiger partial charge in [-0.1, -0.05) is 17.7 Å². The van der Waals surface area contributed by atoms with E-state index in [0.717, 1.165) is 37.2 Å². The number of aliphatic hydroxyl groups excluding tert-OH is 1. The summed E-state index contributed by atoms with van der Waals surface area (Å²) < 4.78 is 0. The van der Waals surface area contributed by atoms with Gasteiger partial charge in [-0.3, -0.25) is 4.79 Å². The number of benzene rings is 1. The maximum absolute atomic E-state index is 11.3. The van der Waals surface area contributed by atoms with Gasteiger partial charge in [-0.05, 0) is 30.5 Å². The van der Waals surface area contributed by atoms with Gasteiger partial charge in [0.2, 0.25) is 5.91 Å². The predicted octanol–water partition coefficient (Wildman–Crippen LogP) is 2.26. The fourth-order valence-electron chi connectivity index (χ4n) is 2.34. The van der Waals surface area contributed by atoms with E-state index in [1.165, 1.54) is 0 Å². The van der Waals surface area contributed by atoms with E-state index in [4.69, 9.17) is 16.7 Å². The molecule has 0 spiro atoms. The van der Waals surface area contributed by atoms with Crippen molar-refractivity contribution in [3.8, 4) is 0 Å². The molecule has 1 heterocycles. The van der Waals surface area contributed by atoms with Crippen LogP contribution in [-0.2, 0) is 11.4 Å². The Labute approximate surface area is 118 Å². The van der Waals surface area contributed by atoms with E-state index in [-0.39, 0.29) is 12.5 Å². The molecule has 5 heteroatoms. The number of aliphatic hydroxyl groups is 1. The van der Waals surface area contributed by atoms with Crippen molar-refractivity contribution >= 4 is 23.2 Å². The van der Waals surface area contributed by atoms with Gasteiger partial charge in [0.15, 0.2) is 0 Å². The molecule has 0 aromatic heterocycles. The van der Waals surface area contributed by atoms with Crippen molar-refractivity contribution in [3.63, 3.8) is 0 Å². The molecule has 2 rings (SSSR count). The van der Waals surface area contributed by atoms with Crippen LogP contribution in [0.1, 0.15) is 25.3 Å². The SMILES string of the molecule is CC(=O)N1CCC(Nc2cc(CO)ccc2Cl)CC1. The van der Waals surface area contributed by atoms with Crippen LogP contribution >= 0.6 is 11.6 Å². The van der Waals surface area contributed by atoms with Crippen molar-refractivity contribution in [1.82, 2.24) is 4.90 Å². The van der Waals surface area contributed by atoms with Crippen molar-refractivity contribution in [2.45, 2.75) is 32.4 Å². The van der Waals surface area contributed by atoms with E-state index in [2.05, 4.69) is 5.32 Å². The van der Waals surface area contributed by atoms with Gasteiger partial charge in [0.1, 0.15) is 0 Å². The highest BCUT2D eigenvalue weighted by Gasteiger charge is 2.20. The Bertz CT molecular complexity index is 457. The first-order chi connectivity index (χ1) is 9.10. The Kier molecular flexibility index (Phi) is 4.66. The molecular weight excluding hydrogens is 264 g/mol. The number of rotatable bonds is 3. The molecule has 1 saturated heterocycles. The summed E-state index contributed by atoms with van der Waals surface area (Å²) in [5, 5.41) is 13.2. The second-order valence-corrected chi connectivity index (χ2v) is 5.30. The molecule has 0 radical (unpaired) electrons. The van der Waals surface area contributed by atoms with Crippen LogP contribution < -0.4 is 5.32 Å². The van der Waals surface area contributed by atoms with Gasteiger partial charge in [0.25, 0.3) is 0 Å². The number of likely N-dealkylation sites (tertiary alicyclic amines) is 1. The third kappa shape index (κ3) is 3.61. The van der Waals surface area contributed by atoms with Crippen LogP contribution in [0, 0.1) is 0 Å². The van der Waals surface area contributed by atoms with Crippen LogP contribution in [0.25, 0.3) is 0 Å². The number of nitrogens with one attached hydrogen (secondary N) is 1. The first-order valence-electron chi connectivity index (χ1n) is 6.51. The maximum Gasteiger partial charge on any atom is 0.219 e. The summed E-state index contributed by atoms with van der Waals surface area (Å²) >= 11 is 6.14. The largest absolute Gasteiger partial charge is 0.392 e. The first-order valence-corrected chi connectivity index (χ1v) is 6.89. The number of hydrogen-bond acceptors (Lipinski definition) is 3. The van der Waals surface area contributed by atoms with E-state index in [1.807, 2.05) is 17.0 Å². The van der Waals surface area contributed by atoms with E-state index in [0.29, 0.717) is 11.1 Å². The van der Waals surface area contributed by atoms with Gasteiger partial charge >= 0.3 is 0 Å². The zero-order chi connectivity index (χ0) is 13.8. The Morgan fingerprint density at radius 2 is 2.16 bits per heavy atom. The molecule has 0 saturated carbocycles. The highest BCUT2D eigenvalue weighted by molar-refractivity contribution is 6.33. The second-order valence-electron chi connectivity index (χ2n) is 4.90. The number of piperidine rings is 1. The van der Waals surface area contributed by atoms with Crippen LogP contribution in [-0.4, -0.2) is 35.0 Å². The minimum absolute atomic E-state index is 0.00856. The Balaban J connectivity index is 1.97. The lowest BCUT2D eigenvalue weighted by Crippen LogP contribution is -2.41. The van der Waals surface area contributed by atoms with Crippen molar-refractivity contribution in [2.75, 3.05) is 18.4 Å². The summed E-state index contributed by atoms with van der Waals surface area (Å²) in [7, 11) is 0. The molecule has 2 N–H and O–H groups in total. The molecule has 19 heavy (non-hydrogen) atoms. The van der Waals surface area contributed by atoms with E-state index in [1.54, 1.807) is 13.0 Å². The minimum Gasteiger partial charge on any atom is -0.392 e. The van der Waals surface area contributed by atoms with Crippen molar-refractivity contribution in [2.24, 2.45) is 0 Å². The summed E-state index contributed by atoms with van der Waals surface area (Å²) in [5.74, 6) is 0.138. The number of anilines is 1. The van der Waals surface area contributed by atoms with Crippen molar-refractivity contribution in [1.29, 1.82) is 0 Å². The molecule has 1 aliphatic heterocycles. The van der Waals surface area contributed by atoms with Crippen LogP contribution in [0.3, 0.4) is 0 Å². The number of carbonyl (C=O) groups excluding carboxylic acids is 1. The van der Waals surface area contributed by atoms with Crippen LogP contribution in [0.2, 0.25) is 5.02 Å². The Morgan fingerprint density at radius 3 is 2.74 bits per heavy atom. The first kappa shape index (κ1) is 14.2. The lowest BCUT2D eigenvalue weighted by Gasteiger charge is -2.32. The molecule has 1 amide bonds. The highest BCUT2D eigenvalue weighted by atomic mass is 35.5. The van der Waals surface area contributed by atoms with Gasteiger partial charge in [-0.2, -0.15) is 0 Å². The van der Waals surface area contributed by atoms with Crippen LogP contribution in [0.15, 0.2) is 18.2 Å². The van der Waals surface area contributed by atoms with E-state index in [9.17, 15) is 4.79 Å². The van der Waals surface area contributed by atoms with E-state index >= 15 is 0 Å². The molecule has 1 aromatic rings. The lowest BCUT2D eigenvalue weighted by molar-refractivity contribution is -0.129. The molecule has 1 aromatic carbocycles. The molecule has 1 aliphatic rings. The molecule has 0 bridgehead atoms. The molecular formula is C14H19ClN2O2. The second kappa shape index (κ2) is 6.26. The third-order valence-electron chi connectivity index (χ3n) is 3.51. The number of halogens is 1. The fourth-order valence-corrected chi connectivity index (χ4v) is 2.51. The molecule has 0 aliphatic carbocycles. The van der Waals surface area contributed by atoms with Crippen LogP contribution in [0.5, 0.6) is 0 Å². The minimum atomic E-state index is 0.00856. The lowest BCUT2D eigenvalue weighted by atomic mass is 10.0. The number of carbonyl (C=O) groups is 1. The quantitative estimate of drug-likeness (QED) is 0.894. The third-order valence-corrected chi connectivity index (χ3v) is 3.84. The fraction of sp³-hybridized carbons (Fsp3) is 0.500. The summed E-state index contributed by atoms with van der Waals surface area (Å²) in [6.07, 6.45) is 1.83. The van der Waals surface area contributed by atoms with Gasteiger partial charge in [0, 0.05) is 26.1 Å². The number of nitrogens with zero attached hydrogens (tertiary/aromatic N) is 1. The zero-order valence-electron chi connectivity index (χ0n) is 11.0. The average Bonchev–Trinajstić information content (AvgIpc) is 2.42. The standard InChI is InChI=1S/C14H19ClN2O2/c1-10(19)17-6-4-12(5-7-17)16-14-8-11(9-18)2-3-13(14)15/h2-3,8,12,16,18H,4-7,9H2,1H3. The summed E-state index contributed by atoms with van der Waals surface area (Å²) in [6.45, 7) is 3.18. The van der Waals surface area contributed by atoms with Gasteiger partial charge < -0.3 is 15.3 Å².